The van der Waals surface area contributed by atoms with Gasteiger partial charge in [-0.25, -0.2) is 0 Å². The zero-order valence-corrected chi connectivity index (χ0v) is 18.0. The van der Waals surface area contributed by atoms with E-state index in [4.69, 9.17) is 18.6 Å². The number of rotatable bonds is 5. The van der Waals surface area contributed by atoms with E-state index in [2.05, 4.69) is 17.0 Å². The molecule has 0 bridgehead atoms. The summed E-state index contributed by atoms with van der Waals surface area (Å²) in [6.07, 6.45) is 0. The second-order valence-corrected chi connectivity index (χ2v) is 7.76. The Morgan fingerprint density at radius 2 is 1.81 bits per heavy atom. The number of benzene rings is 3. The van der Waals surface area contributed by atoms with Gasteiger partial charge in [0, 0.05) is 19.2 Å². The highest BCUT2D eigenvalue weighted by atomic mass is 16.5. The van der Waals surface area contributed by atoms with Gasteiger partial charge in [0.1, 0.15) is 35.3 Å². The van der Waals surface area contributed by atoms with E-state index in [9.17, 15) is 4.79 Å². The molecule has 0 radical (unpaired) electrons. The molecule has 0 saturated carbocycles. The van der Waals surface area contributed by atoms with Gasteiger partial charge in [-0.3, -0.25) is 9.69 Å². The van der Waals surface area contributed by atoms with Gasteiger partial charge >= 0.3 is 0 Å². The van der Waals surface area contributed by atoms with Crippen molar-refractivity contribution < 1.29 is 18.6 Å². The van der Waals surface area contributed by atoms with E-state index in [0.29, 0.717) is 41.5 Å². The van der Waals surface area contributed by atoms with Crippen LogP contribution in [0.25, 0.3) is 11.0 Å². The standard InChI is InChI=1S/C26H23NO5/c1-17-25(32-20-10-6-9-19(13-20)29-2)24(28)21-11-12-23-22(26(21)31-17)15-27(16-30-23)14-18-7-4-3-5-8-18/h3-13H,14-16H2,1-2H3. The lowest BCUT2D eigenvalue weighted by molar-refractivity contribution is 0.0889. The molecule has 1 aliphatic heterocycles. The van der Waals surface area contributed by atoms with E-state index < -0.39 is 0 Å². The van der Waals surface area contributed by atoms with Crippen LogP contribution in [-0.4, -0.2) is 18.7 Å². The summed E-state index contributed by atoms with van der Waals surface area (Å²) in [5, 5.41) is 0.470. The molecule has 32 heavy (non-hydrogen) atoms. The van der Waals surface area contributed by atoms with Crippen molar-refractivity contribution >= 4 is 11.0 Å². The van der Waals surface area contributed by atoms with Crippen LogP contribution in [0, 0.1) is 6.92 Å². The second-order valence-electron chi connectivity index (χ2n) is 7.76. The van der Waals surface area contributed by atoms with Gasteiger partial charge < -0.3 is 18.6 Å². The predicted molar refractivity (Wildman–Crippen MR) is 121 cm³/mol. The van der Waals surface area contributed by atoms with Crippen molar-refractivity contribution in [1.29, 1.82) is 0 Å². The molecule has 162 valence electrons. The zero-order chi connectivity index (χ0) is 22.1. The van der Waals surface area contributed by atoms with Gasteiger partial charge in [0.05, 0.1) is 18.1 Å². The molecule has 0 saturated heterocycles. The maximum atomic E-state index is 13.3. The fourth-order valence-corrected chi connectivity index (χ4v) is 3.95. The molecule has 2 heterocycles. The maximum Gasteiger partial charge on any atom is 0.235 e. The minimum atomic E-state index is -0.213. The van der Waals surface area contributed by atoms with Gasteiger partial charge in [-0.1, -0.05) is 36.4 Å². The van der Waals surface area contributed by atoms with Crippen LogP contribution < -0.4 is 19.6 Å². The molecule has 0 aliphatic carbocycles. The molecule has 6 nitrogen and oxygen atoms in total. The molecule has 0 unspecified atom stereocenters. The first-order valence-electron chi connectivity index (χ1n) is 10.4. The van der Waals surface area contributed by atoms with Crippen LogP contribution in [0.4, 0.5) is 0 Å². The SMILES string of the molecule is COc1cccc(Oc2c(C)oc3c4c(ccc3c2=O)OCN(Cc2ccccc2)C4)c1. The second kappa shape index (κ2) is 8.40. The molecule has 3 aromatic carbocycles. The van der Waals surface area contributed by atoms with Crippen LogP contribution in [0.3, 0.4) is 0 Å². The number of aryl methyl sites for hydroxylation is 1. The van der Waals surface area contributed by atoms with Crippen molar-refractivity contribution in [1.82, 2.24) is 4.90 Å². The molecule has 0 atom stereocenters. The number of hydrogen-bond acceptors (Lipinski definition) is 6. The minimum Gasteiger partial charge on any atom is -0.497 e. The van der Waals surface area contributed by atoms with Crippen molar-refractivity contribution in [3.63, 3.8) is 0 Å². The summed E-state index contributed by atoms with van der Waals surface area (Å²) in [6.45, 7) is 3.59. The van der Waals surface area contributed by atoms with E-state index >= 15 is 0 Å². The van der Waals surface area contributed by atoms with Crippen LogP contribution in [0.2, 0.25) is 0 Å². The van der Waals surface area contributed by atoms with Crippen molar-refractivity contribution in [2.75, 3.05) is 13.8 Å². The topological polar surface area (TPSA) is 61.1 Å². The molecule has 4 aromatic rings. The Morgan fingerprint density at radius 3 is 2.62 bits per heavy atom. The normalized spacial score (nSPS) is 13.4. The molecule has 0 spiro atoms. The Labute approximate surface area is 185 Å². The van der Waals surface area contributed by atoms with Crippen LogP contribution >= 0.6 is 0 Å². The predicted octanol–water partition coefficient (Wildman–Crippen LogP) is 5.25. The lowest BCUT2D eigenvalue weighted by Crippen LogP contribution is -2.31. The van der Waals surface area contributed by atoms with E-state index in [0.717, 1.165) is 17.9 Å². The molecule has 1 aromatic heterocycles. The van der Waals surface area contributed by atoms with Gasteiger partial charge in [-0.15, -0.1) is 0 Å². The number of nitrogens with zero attached hydrogens (tertiary/aromatic N) is 1. The smallest absolute Gasteiger partial charge is 0.235 e. The Bertz CT molecular complexity index is 1330. The van der Waals surface area contributed by atoms with Gasteiger partial charge in [0.25, 0.3) is 0 Å². The van der Waals surface area contributed by atoms with Gasteiger partial charge in [-0.05, 0) is 36.8 Å². The van der Waals surface area contributed by atoms with E-state index in [1.807, 2.05) is 30.3 Å². The Hall–Kier alpha value is -3.77. The molecule has 0 amide bonds. The van der Waals surface area contributed by atoms with E-state index in [1.165, 1.54) is 5.56 Å². The number of methoxy groups -OCH3 is 1. The molecule has 6 heteroatoms. The lowest BCUT2D eigenvalue weighted by atomic mass is 10.1. The summed E-state index contributed by atoms with van der Waals surface area (Å²) >= 11 is 0. The average molecular weight is 429 g/mol. The molecule has 5 rings (SSSR count). The third-order valence-electron chi connectivity index (χ3n) is 5.54. The van der Waals surface area contributed by atoms with Crippen molar-refractivity contribution in [2.24, 2.45) is 0 Å². The number of hydrogen-bond donors (Lipinski definition) is 0. The number of fused-ring (bicyclic) bond motifs is 3. The highest BCUT2D eigenvalue weighted by Gasteiger charge is 2.24. The van der Waals surface area contributed by atoms with Crippen molar-refractivity contribution in [2.45, 2.75) is 20.0 Å². The zero-order valence-electron chi connectivity index (χ0n) is 18.0. The van der Waals surface area contributed by atoms with E-state index in [-0.39, 0.29) is 11.2 Å². The summed E-state index contributed by atoms with van der Waals surface area (Å²) in [5.74, 6) is 2.48. The molecule has 0 N–H and O–H groups in total. The van der Waals surface area contributed by atoms with Crippen LogP contribution in [0.5, 0.6) is 23.0 Å². The Morgan fingerprint density at radius 1 is 1.00 bits per heavy atom. The first kappa shape index (κ1) is 20.2. The summed E-state index contributed by atoms with van der Waals surface area (Å²) in [5.41, 5.74) is 2.40. The monoisotopic (exact) mass is 429 g/mol. The van der Waals surface area contributed by atoms with E-state index in [1.54, 1.807) is 38.3 Å². The highest BCUT2D eigenvalue weighted by molar-refractivity contribution is 5.83. The van der Waals surface area contributed by atoms with Crippen LogP contribution in [0.1, 0.15) is 16.9 Å². The van der Waals surface area contributed by atoms with Crippen molar-refractivity contribution in [3.05, 3.63) is 93.8 Å². The first-order valence-corrected chi connectivity index (χ1v) is 10.4. The third kappa shape index (κ3) is 3.81. The largest absolute Gasteiger partial charge is 0.497 e. The van der Waals surface area contributed by atoms with Crippen LogP contribution in [0.15, 0.2) is 75.9 Å². The Kier molecular flexibility index (Phi) is 5.29. The van der Waals surface area contributed by atoms with Gasteiger partial charge in [-0.2, -0.15) is 0 Å². The summed E-state index contributed by atoms with van der Waals surface area (Å²) in [6, 6.07) is 20.9. The quantitative estimate of drug-likeness (QED) is 0.432. The minimum absolute atomic E-state index is 0.170. The Balaban J connectivity index is 1.50. The molecular formula is C26H23NO5. The molecule has 1 aliphatic rings. The fraction of sp³-hybridized carbons (Fsp3) is 0.192. The van der Waals surface area contributed by atoms with Crippen molar-refractivity contribution in [3.8, 4) is 23.0 Å². The molecule has 0 fully saturated rings. The summed E-state index contributed by atoms with van der Waals surface area (Å²) in [4.78, 5) is 15.5. The average Bonchev–Trinajstić information content (AvgIpc) is 2.82. The summed E-state index contributed by atoms with van der Waals surface area (Å²) < 4.78 is 23.2. The lowest BCUT2D eigenvalue weighted by Gasteiger charge is -2.29. The van der Waals surface area contributed by atoms with Gasteiger partial charge in [0.2, 0.25) is 11.2 Å². The van der Waals surface area contributed by atoms with Crippen LogP contribution in [-0.2, 0) is 13.1 Å². The molecular weight excluding hydrogens is 406 g/mol. The third-order valence-corrected chi connectivity index (χ3v) is 5.54. The summed E-state index contributed by atoms with van der Waals surface area (Å²) in [7, 11) is 1.58. The first-order chi connectivity index (χ1) is 15.6. The number of ether oxygens (including phenoxy) is 3. The fourth-order valence-electron chi connectivity index (χ4n) is 3.95. The highest BCUT2D eigenvalue weighted by Crippen LogP contribution is 2.35. The van der Waals surface area contributed by atoms with Gasteiger partial charge in [0.15, 0.2) is 0 Å². The maximum absolute atomic E-state index is 13.3.